The van der Waals surface area contributed by atoms with Gasteiger partial charge >= 0.3 is 0 Å². The lowest BCUT2D eigenvalue weighted by Gasteiger charge is -2.24. The van der Waals surface area contributed by atoms with Crippen molar-refractivity contribution in [2.75, 3.05) is 0 Å². The number of ketones is 1. The first kappa shape index (κ1) is 18.1. The number of rotatable bonds is 4. The number of halogens is 1. The molecule has 1 amide bonds. The van der Waals surface area contributed by atoms with Crippen LogP contribution in [0.1, 0.15) is 22.0 Å². The fraction of sp³-hybridized carbons (Fsp3) is 0.0909. The quantitative estimate of drug-likeness (QED) is 0.403. The van der Waals surface area contributed by atoms with Crippen LogP contribution in [0.25, 0.3) is 5.76 Å². The van der Waals surface area contributed by atoms with Crippen LogP contribution >= 0.6 is 11.3 Å². The Morgan fingerprint density at radius 1 is 1.00 bits per heavy atom. The van der Waals surface area contributed by atoms with Crippen LogP contribution in [0.5, 0.6) is 0 Å². The molecule has 1 N–H and O–H groups in total. The van der Waals surface area contributed by atoms with E-state index in [4.69, 9.17) is 0 Å². The maximum Gasteiger partial charge on any atom is 0.295 e. The minimum absolute atomic E-state index is 0.0231. The van der Waals surface area contributed by atoms with Gasteiger partial charge in [-0.1, -0.05) is 36.4 Å². The Bertz CT molecular complexity index is 1040. The van der Waals surface area contributed by atoms with Crippen molar-refractivity contribution in [2.24, 2.45) is 0 Å². The molecule has 0 radical (unpaired) electrons. The van der Waals surface area contributed by atoms with E-state index in [1.165, 1.54) is 40.5 Å². The van der Waals surface area contributed by atoms with E-state index in [1.807, 2.05) is 47.8 Å². The molecule has 1 aliphatic rings. The van der Waals surface area contributed by atoms with Crippen molar-refractivity contribution in [1.82, 2.24) is 4.90 Å². The number of amides is 1. The molecule has 1 fully saturated rings. The number of carbonyl (C=O) groups is 2. The normalized spacial score (nSPS) is 18.6. The van der Waals surface area contributed by atoms with Crippen molar-refractivity contribution in [1.29, 1.82) is 0 Å². The largest absolute Gasteiger partial charge is 0.507 e. The van der Waals surface area contributed by atoms with Gasteiger partial charge in [0.05, 0.1) is 11.6 Å². The van der Waals surface area contributed by atoms with Crippen molar-refractivity contribution in [3.8, 4) is 0 Å². The first-order valence-electron chi connectivity index (χ1n) is 8.68. The molecule has 1 aliphatic heterocycles. The molecule has 0 saturated carbocycles. The number of Topliss-reactive ketones (excluding diaryl/α,β-unsaturated/α-hetero) is 1. The smallest absolute Gasteiger partial charge is 0.295 e. The fourth-order valence-corrected chi connectivity index (χ4v) is 4.17. The number of aliphatic hydroxyl groups is 1. The fourth-order valence-electron chi connectivity index (χ4n) is 3.33. The number of hydrogen-bond acceptors (Lipinski definition) is 4. The number of likely N-dealkylation sites (tertiary alicyclic amines) is 1. The monoisotopic (exact) mass is 393 g/mol. The molecule has 1 aromatic heterocycles. The number of carbonyl (C=O) groups excluding carboxylic acids is 2. The first-order valence-corrected chi connectivity index (χ1v) is 9.56. The van der Waals surface area contributed by atoms with Gasteiger partial charge in [0.1, 0.15) is 11.6 Å². The summed E-state index contributed by atoms with van der Waals surface area (Å²) in [4.78, 5) is 27.9. The van der Waals surface area contributed by atoms with E-state index in [0.717, 1.165) is 10.4 Å². The van der Waals surface area contributed by atoms with E-state index in [0.29, 0.717) is 5.56 Å². The number of nitrogens with zero attached hydrogens (tertiary/aromatic N) is 1. The highest BCUT2D eigenvalue weighted by Crippen LogP contribution is 2.41. The van der Waals surface area contributed by atoms with Gasteiger partial charge in [0, 0.05) is 17.0 Å². The molecule has 0 bridgehead atoms. The van der Waals surface area contributed by atoms with Crippen molar-refractivity contribution in [3.63, 3.8) is 0 Å². The Kier molecular flexibility index (Phi) is 4.79. The highest BCUT2D eigenvalue weighted by atomic mass is 32.1. The van der Waals surface area contributed by atoms with Crippen LogP contribution in [0.4, 0.5) is 4.39 Å². The van der Waals surface area contributed by atoms with E-state index < -0.39 is 23.5 Å². The number of hydrogen-bond donors (Lipinski definition) is 1. The molecular weight excluding hydrogens is 377 g/mol. The second kappa shape index (κ2) is 7.40. The molecule has 4 nitrogen and oxygen atoms in total. The Morgan fingerprint density at radius 3 is 2.36 bits per heavy atom. The van der Waals surface area contributed by atoms with Gasteiger partial charge in [-0.25, -0.2) is 4.39 Å². The molecule has 140 valence electrons. The average molecular weight is 393 g/mol. The van der Waals surface area contributed by atoms with Gasteiger partial charge in [-0.2, -0.15) is 0 Å². The summed E-state index contributed by atoms with van der Waals surface area (Å²) in [6.45, 7) is 0.244. The van der Waals surface area contributed by atoms with Crippen LogP contribution in [0.2, 0.25) is 0 Å². The summed E-state index contributed by atoms with van der Waals surface area (Å²) in [6.07, 6.45) is 0. The van der Waals surface area contributed by atoms with Gasteiger partial charge in [-0.15, -0.1) is 11.3 Å². The molecule has 1 saturated heterocycles. The predicted octanol–water partition coefficient (Wildman–Crippen LogP) is 4.51. The summed E-state index contributed by atoms with van der Waals surface area (Å²) >= 11 is 1.41. The second-order valence-corrected chi connectivity index (χ2v) is 7.41. The van der Waals surface area contributed by atoms with E-state index >= 15 is 0 Å². The van der Waals surface area contributed by atoms with Gasteiger partial charge in [-0.3, -0.25) is 9.59 Å². The van der Waals surface area contributed by atoms with Crippen LogP contribution in [-0.4, -0.2) is 21.7 Å². The molecule has 2 aromatic carbocycles. The molecule has 6 heteroatoms. The molecular formula is C22H16FNO3S. The lowest BCUT2D eigenvalue weighted by Crippen LogP contribution is -2.28. The third-order valence-electron chi connectivity index (χ3n) is 4.67. The van der Waals surface area contributed by atoms with E-state index in [1.54, 1.807) is 0 Å². The number of benzene rings is 2. The highest BCUT2D eigenvalue weighted by molar-refractivity contribution is 7.10. The molecule has 0 spiro atoms. The van der Waals surface area contributed by atoms with Gasteiger partial charge in [0.15, 0.2) is 0 Å². The third-order valence-corrected chi connectivity index (χ3v) is 5.59. The summed E-state index contributed by atoms with van der Waals surface area (Å²) < 4.78 is 13.2. The molecule has 0 aliphatic carbocycles. The third kappa shape index (κ3) is 3.23. The van der Waals surface area contributed by atoms with Crippen LogP contribution in [0.15, 0.2) is 77.7 Å². The topological polar surface area (TPSA) is 57.6 Å². The summed E-state index contributed by atoms with van der Waals surface area (Å²) in [5.41, 5.74) is 1.20. The summed E-state index contributed by atoms with van der Waals surface area (Å²) in [5.74, 6) is -2.15. The van der Waals surface area contributed by atoms with Crippen molar-refractivity contribution in [3.05, 3.63) is 99.5 Å². The maximum absolute atomic E-state index is 13.2. The van der Waals surface area contributed by atoms with E-state index in [9.17, 15) is 19.1 Å². The minimum Gasteiger partial charge on any atom is -0.507 e. The molecule has 3 aromatic rings. The zero-order valence-corrected chi connectivity index (χ0v) is 15.5. The summed E-state index contributed by atoms with van der Waals surface area (Å²) in [6, 6.07) is 17.5. The molecule has 28 heavy (non-hydrogen) atoms. The standard InChI is InChI=1S/C22H16FNO3S/c23-16-10-8-15(9-11-16)20(25)18-19(17-7-4-12-28-17)24(22(27)21(18)26)13-14-5-2-1-3-6-14/h1-12,19,25H,13H2. The number of aliphatic hydroxyl groups excluding tert-OH is 1. The minimum atomic E-state index is -0.740. The van der Waals surface area contributed by atoms with E-state index in [2.05, 4.69) is 0 Å². The molecule has 2 heterocycles. The van der Waals surface area contributed by atoms with Crippen LogP contribution < -0.4 is 0 Å². The van der Waals surface area contributed by atoms with Crippen LogP contribution in [-0.2, 0) is 16.1 Å². The zero-order valence-electron chi connectivity index (χ0n) is 14.7. The zero-order chi connectivity index (χ0) is 19.7. The van der Waals surface area contributed by atoms with Crippen molar-refractivity contribution >= 4 is 28.8 Å². The Balaban J connectivity index is 1.83. The first-order chi connectivity index (χ1) is 13.6. The maximum atomic E-state index is 13.2. The molecule has 4 rings (SSSR count). The predicted molar refractivity (Wildman–Crippen MR) is 105 cm³/mol. The van der Waals surface area contributed by atoms with E-state index in [-0.39, 0.29) is 17.9 Å². The van der Waals surface area contributed by atoms with Gasteiger partial charge in [0.25, 0.3) is 11.7 Å². The summed E-state index contributed by atoms with van der Waals surface area (Å²) in [5, 5.41) is 12.7. The van der Waals surface area contributed by atoms with Crippen LogP contribution in [0, 0.1) is 5.82 Å². The average Bonchev–Trinajstić information content (AvgIpc) is 3.32. The second-order valence-electron chi connectivity index (χ2n) is 6.43. The molecule has 1 atom stereocenters. The van der Waals surface area contributed by atoms with Gasteiger partial charge < -0.3 is 10.0 Å². The lowest BCUT2D eigenvalue weighted by molar-refractivity contribution is -0.140. The Hall–Kier alpha value is -3.25. The van der Waals surface area contributed by atoms with Crippen molar-refractivity contribution < 1.29 is 19.1 Å². The highest BCUT2D eigenvalue weighted by Gasteiger charge is 2.46. The SMILES string of the molecule is O=C1C(=O)N(Cc2ccccc2)C(c2cccs2)C1=C(O)c1ccc(F)cc1. The number of thiophene rings is 1. The van der Waals surface area contributed by atoms with Crippen molar-refractivity contribution in [2.45, 2.75) is 12.6 Å². The summed E-state index contributed by atoms with van der Waals surface area (Å²) in [7, 11) is 0. The lowest BCUT2D eigenvalue weighted by atomic mass is 9.99. The van der Waals surface area contributed by atoms with Crippen LogP contribution in [0.3, 0.4) is 0 Å². The van der Waals surface area contributed by atoms with Gasteiger partial charge in [0.2, 0.25) is 0 Å². The Labute approximate surface area is 165 Å². The molecule has 1 unspecified atom stereocenters. The van der Waals surface area contributed by atoms with Gasteiger partial charge in [-0.05, 0) is 41.3 Å². The Morgan fingerprint density at radius 2 is 1.71 bits per heavy atom.